The van der Waals surface area contributed by atoms with Gasteiger partial charge in [-0.3, -0.25) is 0 Å². The van der Waals surface area contributed by atoms with Crippen LogP contribution in [0.25, 0.3) is 0 Å². The summed E-state index contributed by atoms with van der Waals surface area (Å²) in [5.41, 5.74) is 0.153. The van der Waals surface area contributed by atoms with Gasteiger partial charge in [-0.15, -0.1) is 0 Å². The Morgan fingerprint density at radius 1 is 1.41 bits per heavy atom. The molecule has 22 heavy (non-hydrogen) atoms. The highest BCUT2D eigenvalue weighted by Gasteiger charge is 2.32. The highest BCUT2D eigenvalue weighted by molar-refractivity contribution is 7.88. The van der Waals surface area contributed by atoms with Crippen molar-refractivity contribution in [2.24, 2.45) is 0 Å². The molecule has 1 fully saturated rings. The van der Waals surface area contributed by atoms with Crippen LogP contribution in [0.15, 0.2) is 18.2 Å². The van der Waals surface area contributed by atoms with Crippen LogP contribution in [0.5, 0.6) is 0 Å². The highest BCUT2D eigenvalue weighted by atomic mass is 35.5. The molecule has 0 radical (unpaired) electrons. The van der Waals surface area contributed by atoms with Gasteiger partial charge in [0.2, 0.25) is 10.0 Å². The van der Waals surface area contributed by atoms with E-state index in [-0.39, 0.29) is 22.4 Å². The number of halogens is 2. The van der Waals surface area contributed by atoms with Crippen LogP contribution in [-0.2, 0) is 20.5 Å². The molecule has 1 atom stereocenters. The molecule has 1 heterocycles. The summed E-state index contributed by atoms with van der Waals surface area (Å²) in [7, 11) is -1.95. The Hall–Kier alpha value is -0.690. The van der Waals surface area contributed by atoms with Crippen LogP contribution in [-0.4, -0.2) is 39.0 Å². The zero-order chi connectivity index (χ0) is 16.2. The number of hydrogen-bond donors (Lipinski definition) is 0. The van der Waals surface area contributed by atoms with Crippen molar-refractivity contribution in [3.8, 4) is 0 Å². The summed E-state index contributed by atoms with van der Waals surface area (Å²) in [4.78, 5) is 0. The average Bonchev–Trinajstić information content (AvgIpc) is 2.48. The van der Waals surface area contributed by atoms with E-state index in [1.807, 2.05) is 0 Å². The van der Waals surface area contributed by atoms with Gasteiger partial charge in [-0.25, -0.2) is 12.8 Å². The molecule has 1 saturated heterocycles. The first-order chi connectivity index (χ1) is 10.4. The Bertz CT molecular complexity index is 609. The minimum Gasteiger partial charge on any atom is -0.385 e. The summed E-state index contributed by atoms with van der Waals surface area (Å²) < 4.78 is 45.7. The number of benzene rings is 1. The smallest absolute Gasteiger partial charge is 0.218 e. The molecule has 0 spiro atoms. The number of nitrogens with zero attached hydrogens (tertiary/aromatic N) is 1. The zero-order valence-electron chi connectivity index (χ0n) is 12.6. The summed E-state index contributed by atoms with van der Waals surface area (Å²) in [6, 6.07) is 4.02. The number of rotatable bonds is 6. The van der Waals surface area contributed by atoms with Gasteiger partial charge < -0.3 is 4.74 Å². The number of methoxy groups -OCH3 is 1. The molecule has 1 aliphatic heterocycles. The third-order valence-electron chi connectivity index (χ3n) is 3.94. The van der Waals surface area contributed by atoms with Gasteiger partial charge in [0.15, 0.2) is 0 Å². The van der Waals surface area contributed by atoms with Crippen molar-refractivity contribution < 1.29 is 17.5 Å². The lowest BCUT2D eigenvalue weighted by atomic mass is 10.0. The predicted molar refractivity (Wildman–Crippen MR) is 84.9 cm³/mol. The molecule has 0 N–H and O–H groups in total. The lowest BCUT2D eigenvalue weighted by Crippen LogP contribution is -2.44. The lowest BCUT2D eigenvalue weighted by molar-refractivity contribution is 0.150. The molecule has 0 saturated carbocycles. The topological polar surface area (TPSA) is 46.6 Å². The first-order valence-electron chi connectivity index (χ1n) is 7.36. The van der Waals surface area contributed by atoms with Crippen LogP contribution in [0.3, 0.4) is 0 Å². The third-order valence-corrected chi connectivity index (χ3v) is 6.04. The monoisotopic (exact) mass is 349 g/mol. The normalized spacial score (nSPS) is 20.2. The molecule has 7 heteroatoms. The van der Waals surface area contributed by atoms with Crippen molar-refractivity contribution in [3.63, 3.8) is 0 Å². The molecule has 2 rings (SSSR count). The van der Waals surface area contributed by atoms with Gasteiger partial charge in [0.25, 0.3) is 0 Å². The molecule has 0 amide bonds. The second kappa shape index (κ2) is 7.73. The fraction of sp³-hybridized carbons (Fsp3) is 0.600. The average molecular weight is 350 g/mol. The fourth-order valence-corrected chi connectivity index (χ4v) is 4.82. The van der Waals surface area contributed by atoms with Crippen molar-refractivity contribution in [1.82, 2.24) is 4.31 Å². The van der Waals surface area contributed by atoms with Crippen LogP contribution < -0.4 is 0 Å². The summed E-state index contributed by atoms with van der Waals surface area (Å²) in [5.74, 6) is -0.916. The van der Waals surface area contributed by atoms with Crippen molar-refractivity contribution in [2.45, 2.75) is 37.5 Å². The van der Waals surface area contributed by atoms with Crippen LogP contribution in [0.1, 0.15) is 31.2 Å². The van der Waals surface area contributed by atoms with Gasteiger partial charge >= 0.3 is 0 Å². The minimum atomic E-state index is -3.56. The Morgan fingerprint density at radius 2 is 2.18 bits per heavy atom. The third kappa shape index (κ3) is 4.41. The van der Waals surface area contributed by atoms with Crippen molar-refractivity contribution >= 4 is 21.6 Å². The van der Waals surface area contributed by atoms with Gasteiger partial charge in [-0.05, 0) is 31.4 Å². The number of piperidine rings is 1. The molecule has 4 nitrogen and oxygen atoms in total. The van der Waals surface area contributed by atoms with Crippen LogP contribution >= 0.6 is 11.6 Å². The van der Waals surface area contributed by atoms with E-state index in [2.05, 4.69) is 0 Å². The molecule has 0 aromatic heterocycles. The zero-order valence-corrected chi connectivity index (χ0v) is 14.2. The van der Waals surface area contributed by atoms with Gasteiger partial charge in [-0.1, -0.05) is 24.1 Å². The van der Waals surface area contributed by atoms with Gasteiger partial charge in [0.1, 0.15) is 5.82 Å². The van der Waals surface area contributed by atoms with E-state index in [9.17, 15) is 12.8 Å². The summed E-state index contributed by atoms with van der Waals surface area (Å²) in [6.45, 7) is 1.01. The maximum absolute atomic E-state index is 13.9. The van der Waals surface area contributed by atoms with Gasteiger partial charge in [0, 0.05) is 36.9 Å². The van der Waals surface area contributed by atoms with E-state index in [4.69, 9.17) is 16.3 Å². The minimum absolute atomic E-state index is 0.0611. The Balaban J connectivity index is 2.16. The largest absolute Gasteiger partial charge is 0.385 e. The Morgan fingerprint density at radius 3 is 2.86 bits per heavy atom. The second-order valence-electron chi connectivity index (χ2n) is 5.53. The van der Waals surface area contributed by atoms with E-state index in [1.165, 1.54) is 16.4 Å². The lowest BCUT2D eigenvalue weighted by Gasteiger charge is -2.34. The number of ether oxygens (including phenoxy) is 1. The molecule has 1 unspecified atom stereocenters. The maximum Gasteiger partial charge on any atom is 0.218 e. The predicted octanol–water partition coefficient (Wildman–Crippen LogP) is 3.20. The standard InChI is InChI=1S/C15H21ClFNO3S/c1-21-9-7-14-4-2-3-8-18(14)22(19,20)11-12-5-6-13(16)10-15(12)17/h5-6,10,14H,2-4,7-9,11H2,1H3. The van der Waals surface area contributed by atoms with E-state index >= 15 is 0 Å². The highest BCUT2D eigenvalue weighted by Crippen LogP contribution is 2.26. The van der Waals surface area contributed by atoms with Crippen molar-refractivity contribution in [2.75, 3.05) is 20.3 Å². The van der Waals surface area contributed by atoms with E-state index < -0.39 is 15.8 Å². The molecule has 1 aliphatic rings. The van der Waals surface area contributed by atoms with Crippen molar-refractivity contribution in [1.29, 1.82) is 0 Å². The van der Waals surface area contributed by atoms with Gasteiger partial charge in [-0.2, -0.15) is 4.31 Å². The molecular weight excluding hydrogens is 329 g/mol. The number of sulfonamides is 1. The van der Waals surface area contributed by atoms with Crippen LogP contribution in [0, 0.1) is 5.82 Å². The van der Waals surface area contributed by atoms with Crippen molar-refractivity contribution in [3.05, 3.63) is 34.6 Å². The molecule has 1 aromatic carbocycles. The molecular formula is C15H21ClFNO3S. The fourth-order valence-electron chi connectivity index (χ4n) is 2.80. The summed E-state index contributed by atoms with van der Waals surface area (Å²) in [6.07, 6.45) is 3.34. The van der Waals surface area contributed by atoms with Gasteiger partial charge in [0.05, 0.1) is 5.75 Å². The van der Waals surface area contributed by atoms with E-state index in [1.54, 1.807) is 7.11 Å². The molecule has 0 aliphatic carbocycles. The second-order valence-corrected chi connectivity index (χ2v) is 7.89. The maximum atomic E-state index is 13.9. The van der Waals surface area contributed by atoms with Crippen LogP contribution in [0.2, 0.25) is 5.02 Å². The Kier molecular flexibility index (Phi) is 6.20. The molecule has 0 bridgehead atoms. The SMILES string of the molecule is COCCC1CCCCN1S(=O)(=O)Cc1ccc(Cl)cc1F. The van der Waals surface area contributed by atoms with E-state index in [0.29, 0.717) is 19.6 Å². The first-order valence-corrected chi connectivity index (χ1v) is 9.35. The van der Waals surface area contributed by atoms with Crippen LogP contribution in [0.4, 0.5) is 4.39 Å². The molecule has 124 valence electrons. The Labute approximate surface area is 136 Å². The summed E-state index contributed by atoms with van der Waals surface area (Å²) in [5, 5.41) is 0.259. The number of hydrogen-bond acceptors (Lipinski definition) is 3. The first kappa shape index (κ1) is 17.7. The molecule has 1 aromatic rings. The quantitative estimate of drug-likeness (QED) is 0.792. The summed E-state index contributed by atoms with van der Waals surface area (Å²) >= 11 is 5.70. The van der Waals surface area contributed by atoms with E-state index in [0.717, 1.165) is 25.3 Å².